The Morgan fingerprint density at radius 1 is 1.08 bits per heavy atom. The van der Waals surface area contributed by atoms with Gasteiger partial charge < -0.3 is 0 Å². The minimum absolute atomic E-state index is 0.770. The van der Waals surface area contributed by atoms with Crippen LogP contribution in [0.3, 0.4) is 0 Å². The van der Waals surface area contributed by atoms with Crippen molar-refractivity contribution in [1.29, 1.82) is 0 Å². The quantitative estimate of drug-likeness (QED) is 0.522. The molecule has 1 saturated carbocycles. The normalized spacial score (nSPS) is 29.2. The van der Waals surface area contributed by atoms with E-state index in [1.54, 1.807) is 16.7 Å². The van der Waals surface area contributed by atoms with Gasteiger partial charge in [-0.05, 0) is 30.9 Å². The van der Waals surface area contributed by atoms with E-state index < -0.39 is 0 Å². The van der Waals surface area contributed by atoms with Crippen LogP contribution in [-0.2, 0) is 0 Å². The molecule has 13 heavy (non-hydrogen) atoms. The highest BCUT2D eigenvalue weighted by Gasteiger charge is 2.40. The first kappa shape index (κ1) is 7.37. The zero-order valence-corrected chi connectivity index (χ0v) is 7.96. The van der Waals surface area contributed by atoms with E-state index in [-0.39, 0.29) is 0 Å². The van der Waals surface area contributed by atoms with Crippen molar-refractivity contribution in [2.45, 2.75) is 31.6 Å². The highest BCUT2D eigenvalue weighted by Crippen LogP contribution is 2.56. The number of rotatable bonds is 0. The monoisotopic (exact) mass is 170 g/mol. The Bertz CT molecular complexity index is 340. The maximum absolute atomic E-state index is 2.34. The molecule has 0 spiro atoms. The standard InChI is InChI=1S/C13H14/c1-2-9-12-7-8-13(9)11-6-4-3-5-10(11)12/h2-6,12-13H,7-8H2,1H3. The van der Waals surface area contributed by atoms with E-state index in [0.29, 0.717) is 0 Å². The number of hydrogen-bond acceptors (Lipinski definition) is 0. The van der Waals surface area contributed by atoms with Crippen LogP contribution in [0, 0.1) is 0 Å². The van der Waals surface area contributed by atoms with Gasteiger partial charge >= 0.3 is 0 Å². The van der Waals surface area contributed by atoms with Gasteiger partial charge in [0.1, 0.15) is 0 Å². The third kappa shape index (κ3) is 0.810. The predicted octanol–water partition coefficient (Wildman–Crippen LogP) is 3.61. The van der Waals surface area contributed by atoms with E-state index in [4.69, 9.17) is 0 Å². The van der Waals surface area contributed by atoms with Gasteiger partial charge in [-0.15, -0.1) is 0 Å². The second-order valence-corrected chi connectivity index (χ2v) is 4.10. The van der Waals surface area contributed by atoms with Crippen molar-refractivity contribution >= 4 is 0 Å². The maximum atomic E-state index is 2.34. The fourth-order valence-corrected chi connectivity index (χ4v) is 3.13. The molecule has 0 heteroatoms. The summed E-state index contributed by atoms with van der Waals surface area (Å²) >= 11 is 0. The second-order valence-electron chi connectivity index (χ2n) is 4.10. The Morgan fingerprint density at radius 2 is 1.62 bits per heavy atom. The Kier molecular flexibility index (Phi) is 1.40. The van der Waals surface area contributed by atoms with Crippen molar-refractivity contribution in [3.05, 3.63) is 47.0 Å². The number of benzene rings is 1. The Morgan fingerprint density at radius 3 is 2.08 bits per heavy atom. The van der Waals surface area contributed by atoms with Crippen LogP contribution in [0.15, 0.2) is 35.9 Å². The van der Waals surface area contributed by atoms with Crippen molar-refractivity contribution in [2.75, 3.05) is 0 Å². The molecule has 0 heterocycles. The topological polar surface area (TPSA) is 0 Å². The van der Waals surface area contributed by atoms with E-state index >= 15 is 0 Å². The minimum Gasteiger partial charge on any atom is -0.0872 e. The smallest absolute Gasteiger partial charge is 0.00574 e. The van der Waals surface area contributed by atoms with Crippen LogP contribution in [0.4, 0.5) is 0 Å². The Hall–Kier alpha value is -1.04. The summed E-state index contributed by atoms with van der Waals surface area (Å²) < 4.78 is 0. The molecule has 0 radical (unpaired) electrons. The van der Waals surface area contributed by atoms with Crippen LogP contribution in [0.1, 0.15) is 42.7 Å². The van der Waals surface area contributed by atoms with Crippen LogP contribution in [0.5, 0.6) is 0 Å². The fourth-order valence-electron chi connectivity index (χ4n) is 3.13. The van der Waals surface area contributed by atoms with Crippen LogP contribution >= 0.6 is 0 Å². The average molecular weight is 170 g/mol. The van der Waals surface area contributed by atoms with Gasteiger partial charge in [0.05, 0.1) is 0 Å². The molecule has 2 unspecified atom stereocenters. The molecule has 66 valence electrons. The van der Waals surface area contributed by atoms with E-state index in [0.717, 1.165) is 11.8 Å². The lowest BCUT2D eigenvalue weighted by Crippen LogP contribution is -1.95. The SMILES string of the molecule is CC=C1C2CCC1c1ccccc12. The molecule has 1 fully saturated rings. The average Bonchev–Trinajstić information content (AvgIpc) is 2.73. The van der Waals surface area contributed by atoms with E-state index in [1.165, 1.54) is 12.8 Å². The summed E-state index contributed by atoms with van der Waals surface area (Å²) in [4.78, 5) is 0. The number of fused-ring (bicyclic) bond motifs is 5. The summed E-state index contributed by atoms with van der Waals surface area (Å²) in [5.41, 5.74) is 4.89. The molecule has 2 aliphatic carbocycles. The summed E-state index contributed by atoms with van der Waals surface area (Å²) in [6.45, 7) is 2.19. The zero-order chi connectivity index (χ0) is 8.84. The van der Waals surface area contributed by atoms with Crippen molar-refractivity contribution in [3.8, 4) is 0 Å². The summed E-state index contributed by atoms with van der Waals surface area (Å²) in [7, 11) is 0. The van der Waals surface area contributed by atoms with Crippen LogP contribution < -0.4 is 0 Å². The van der Waals surface area contributed by atoms with Gasteiger partial charge in [-0.1, -0.05) is 35.9 Å². The third-order valence-corrected chi connectivity index (χ3v) is 3.63. The molecule has 0 nitrogen and oxygen atoms in total. The van der Waals surface area contributed by atoms with Crippen molar-refractivity contribution in [3.63, 3.8) is 0 Å². The largest absolute Gasteiger partial charge is 0.0872 e. The number of hydrogen-bond donors (Lipinski definition) is 0. The molecule has 3 rings (SSSR count). The third-order valence-electron chi connectivity index (χ3n) is 3.63. The van der Waals surface area contributed by atoms with Crippen molar-refractivity contribution in [2.24, 2.45) is 0 Å². The summed E-state index contributed by atoms with van der Waals surface area (Å²) in [5, 5.41) is 0. The molecule has 0 saturated heterocycles. The molecule has 2 atom stereocenters. The molecule has 1 aromatic carbocycles. The number of allylic oxidation sites excluding steroid dienone is 2. The van der Waals surface area contributed by atoms with Crippen molar-refractivity contribution < 1.29 is 0 Å². The highest BCUT2D eigenvalue weighted by atomic mass is 14.4. The van der Waals surface area contributed by atoms with Gasteiger partial charge in [-0.3, -0.25) is 0 Å². The van der Waals surface area contributed by atoms with E-state index in [9.17, 15) is 0 Å². The lowest BCUT2D eigenvalue weighted by atomic mass is 9.92. The van der Waals surface area contributed by atoms with E-state index in [1.807, 2.05) is 0 Å². The molecule has 0 aliphatic heterocycles. The van der Waals surface area contributed by atoms with Crippen LogP contribution in [-0.4, -0.2) is 0 Å². The molecule has 0 N–H and O–H groups in total. The molecule has 2 aliphatic rings. The zero-order valence-electron chi connectivity index (χ0n) is 7.96. The Balaban J connectivity index is 2.23. The maximum Gasteiger partial charge on any atom is 0.00574 e. The minimum atomic E-state index is 0.770. The molecule has 1 aromatic rings. The lowest BCUT2D eigenvalue weighted by Gasteiger charge is -2.12. The predicted molar refractivity (Wildman–Crippen MR) is 54.9 cm³/mol. The summed E-state index contributed by atoms with van der Waals surface area (Å²) in [5.74, 6) is 1.54. The summed E-state index contributed by atoms with van der Waals surface area (Å²) in [6, 6.07) is 8.96. The van der Waals surface area contributed by atoms with Gasteiger partial charge in [-0.2, -0.15) is 0 Å². The van der Waals surface area contributed by atoms with Crippen LogP contribution in [0.2, 0.25) is 0 Å². The molecular formula is C13H14. The first-order valence-corrected chi connectivity index (χ1v) is 5.16. The van der Waals surface area contributed by atoms with Crippen LogP contribution in [0.25, 0.3) is 0 Å². The fraction of sp³-hybridized carbons (Fsp3) is 0.385. The van der Waals surface area contributed by atoms with E-state index in [2.05, 4.69) is 37.3 Å². The first-order valence-electron chi connectivity index (χ1n) is 5.16. The van der Waals surface area contributed by atoms with Gasteiger partial charge in [0, 0.05) is 11.8 Å². The molecule has 0 aromatic heterocycles. The highest BCUT2D eigenvalue weighted by molar-refractivity contribution is 5.52. The lowest BCUT2D eigenvalue weighted by molar-refractivity contribution is 0.717. The van der Waals surface area contributed by atoms with Gasteiger partial charge in [0.25, 0.3) is 0 Å². The molecule has 0 amide bonds. The first-order chi connectivity index (χ1) is 6.42. The molecular weight excluding hydrogens is 156 g/mol. The van der Waals surface area contributed by atoms with Gasteiger partial charge in [0.2, 0.25) is 0 Å². The second kappa shape index (κ2) is 2.47. The molecule has 2 bridgehead atoms. The van der Waals surface area contributed by atoms with Gasteiger partial charge in [-0.25, -0.2) is 0 Å². The Labute approximate surface area is 79.3 Å². The van der Waals surface area contributed by atoms with Gasteiger partial charge in [0.15, 0.2) is 0 Å². The summed E-state index contributed by atoms with van der Waals surface area (Å²) in [6.07, 6.45) is 5.09. The van der Waals surface area contributed by atoms with Crippen molar-refractivity contribution in [1.82, 2.24) is 0 Å².